The van der Waals surface area contributed by atoms with Crippen molar-refractivity contribution in [2.24, 2.45) is 5.73 Å². The van der Waals surface area contributed by atoms with Crippen molar-refractivity contribution in [3.05, 3.63) is 34.9 Å². The van der Waals surface area contributed by atoms with Crippen molar-refractivity contribution >= 4 is 11.8 Å². The van der Waals surface area contributed by atoms with Gasteiger partial charge in [-0.2, -0.15) is 0 Å². The number of fused-ring (bicyclic) bond motifs is 1. The lowest BCUT2D eigenvalue weighted by molar-refractivity contribution is -0.119. The van der Waals surface area contributed by atoms with Crippen LogP contribution in [0.15, 0.2) is 18.2 Å². The number of nitrogens with zero attached hydrogens (tertiary/aromatic N) is 2. The van der Waals surface area contributed by atoms with Gasteiger partial charge in [0.25, 0.3) is 5.91 Å². The minimum absolute atomic E-state index is 0.100. The van der Waals surface area contributed by atoms with E-state index in [0.29, 0.717) is 26.2 Å². The highest BCUT2D eigenvalue weighted by molar-refractivity contribution is 5.94. The van der Waals surface area contributed by atoms with Gasteiger partial charge in [-0.1, -0.05) is 6.07 Å². The monoisotopic (exact) mass is 287 g/mol. The lowest BCUT2D eigenvalue weighted by atomic mass is 10.1. The first kappa shape index (κ1) is 14.1. The minimum Gasteiger partial charge on any atom is -0.369 e. The van der Waals surface area contributed by atoms with Crippen molar-refractivity contribution in [2.45, 2.75) is 19.3 Å². The number of hydrogen-bond acceptors (Lipinski definition) is 3. The van der Waals surface area contributed by atoms with Crippen LogP contribution in [0.4, 0.5) is 0 Å². The summed E-state index contributed by atoms with van der Waals surface area (Å²) in [6.45, 7) is 3.01. The predicted molar refractivity (Wildman–Crippen MR) is 80.0 cm³/mol. The van der Waals surface area contributed by atoms with Crippen LogP contribution in [0.3, 0.4) is 0 Å². The molecule has 1 fully saturated rings. The summed E-state index contributed by atoms with van der Waals surface area (Å²) in [6, 6.07) is 6.10. The van der Waals surface area contributed by atoms with Gasteiger partial charge in [-0.25, -0.2) is 0 Å². The number of primary amides is 1. The average molecular weight is 287 g/mol. The van der Waals surface area contributed by atoms with E-state index in [9.17, 15) is 9.59 Å². The van der Waals surface area contributed by atoms with Crippen molar-refractivity contribution in [1.82, 2.24) is 9.80 Å². The summed E-state index contributed by atoms with van der Waals surface area (Å²) in [7, 11) is 0. The summed E-state index contributed by atoms with van der Waals surface area (Å²) in [5, 5.41) is 0. The number of nitrogens with two attached hydrogens (primary N) is 1. The van der Waals surface area contributed by atoms with E-state index in [-0.39, 0.29) is 18.4 Å². The molecule has 5 heteroatoms. The zero-order valence-corrected chi connectivity index (χ0v) is 12.2. The van der Waals surface area contributed by atoms with E-state index in [1.165, 1.54) is 17.5 Å². The van der Waals surface area contributed by atoms with Crippen molar-refractivity contribution in [3.8, 4) is 0 Å². The van der Waals surface area contributed by atoms with E-state index in [0.717, 1.165) is 18.4 Å². The molecule has 1 saturated heterocycles. The molecule has 0 unspecified atom stereocenters. The molecule has 0 radical (unpaired) electrons. The summed E-state index contributed by atoms with van der Waals surface area (Å²) in [4.78, 5) is 27.3. The lowest BCUT2D eigenvalue weighted by Gasteiger charge is -2.34. The number of piperazine rings is 1. The van der Waals surface area contributed by atoms with Crippen LogP contribution >= 0.6 is 0 Å². The second-order valence-corrected chi connectivity index (χ2v) is 5.87. The van der Waals surface area contributed by atoms with Gasteiger partial charge in [0.1, 0.15) is 0 Å². The van der Waals surface area contributed by atoms with Crippen molar-refractivity contribution in [2.75, 3.05) is 32.7 Å². The normalized spacial score (nSPS) is 18.6. The van der Waals surface area contributed by atoms with E-state index in [1.54, 1.807) is 0 Å². The van der Waals surface area contributed by atoms with E-state index in [2.05, 4.69) is 12.1 Å². The molecule has 1 aromatic carbocycles. The van der Waals surface area contributed by atoms with Crippen LogP contribution in [0.1, 0.15) is 27.9 Å². The number of aryl methyl sites for hydroxylation is 2. The van der Waals surface area contributed by atoms with Gasteiger partial charge in [0.05, 0.1) is 6.54 Å². The maximum Gasteiger partial charge on any atom is 0.253 e. The maximum absolute atomic E-state index is 12.5. The fourth-order valence-electron chi connectivity index (χ4n) is 3.22. The number of amides is 2. The molecule has 0 atom stereocenters. The zero-order chi connectivity index (χ0) is 14.8. The third-order valence-electron chi connectivity index (χ3n) is 4.38. The van der Waals surface area contributed by atoms with Crippen LogP contribution < -0.4 is 5.73 Å². The summed E-state index contributed by atoms with van der Waals surface area (Å²) in [6.07, 6.45) is 3.41. The van der Waals surface area contributed by atoms with E-state index in [4.69, 9.17) is 5.73 Å². The Morgan fingerprint density at radius 3 is 2.48 bits per heavy atom. The fourth-order valence-corrected chi connectivity index (χ4v) is 3.22. The summed E-state index contributed by atoms with van der Waals surface area (Å²) in [5.41, 5.74) is 8.70. The molecule has 2 aliphatic rings. The fraction of sp³-hybridized carbons (Fsp3) is 0.500. The summed E-state index contributed by atoms with van der Waals surface area (Å²) >= 11 is 0. The Morgan fingerprint density at radius 1 is 1.05 bits per heavy atom. The SMILES string of the molecule is NC(=O)CN1CCN(C(=O)c2ccc3c(c2)CCC3)CC1. The molecular weight excluding hydrogens is 266 g/mol. The van der Waals surface area contributed by atoms with Crippen molar-refractivity contribution in [3.63, 3.8) is 0 Å². The standard InChI is InChI=1S/C16H21N3O2/c17-15(20)11-18-6-8-19(9-7-18)16(21)14-5-4-12-2-1-3-13(12)10-14/h4-5,10H,1-3,6-9,11H2,(H2,17,20). The molecule has 0 bridgehead atoms. The highest BCUT2D eigenvalue weighted by Crippen LogP contribution is 2.23. The molecule has 2 amide bonds. The van der Waals surface area contributed by atoms with Crippen molar-refractivity contribution in [1.29, 1.82) is 0 Å². The third-order valence-corrected chi connectivity index (χ3v) is 4.38. The van der Waals surface area contributed by atoms with Crippen LogP contribution in [0.25, 0.3) is 0 Å². The van der Waals surface area contributed by atoms with Gasteiger partial charge in [0.2, 0.25) is 5.91 Å². The molecule has 5 nitrogen and oxygen atoms in total. The van der Waals surface area contributed by atoms with Gasteiger partial charge in [-0.05, 0) is 42.5 Å². The Labute approximate surface area is 124 Å². The number of rotatable bonds is 3. The predicted octanol–water partition coefficient (Wildman–Crippen LogP) is 0.418. The van der Waals surface area contributed by atoms with Crippen LogP contribution in [-0.2, 0) is 17.6 Å². The number of carbonyl (C=O) groups excluding carboxylic acids is 2. The third kappa shape index (κ3) is 3.08. The molecule has 112 valence electrons. The molecule has 0 aromatic heterocycles. The Balaban J connectivity index is 1.63. The largest absolute Gasteiger partial charge is 0.369 e. The highest BCUT2D eigenvalue weighted by atomic mass is 16.2. The van der Waals surface area contributed by atoms with Crippen LogP contribution in [0, 0.1) is 0 Å². The second kappa shape index (κ2) is 5.85. The first-order valence-corrected chi connectivity index (χ1v) is 7.55. The zero-order valence-electron chi connectivity index (χ0n) is 12.2. The summed E-state index contributed by atoms with van der Waals surface area (Å²) in [5.74, 6) is -0.211. The number of benzene rings is 1. The Kier molecular flexibility index (Phi) is 3.92. The van der Waals surface area contributed by atoms with Gasteiger partial charge in [0.15, 0.2) is 0 Å². The van der Waals surface area contributed by atoms with Gasteiger partial charge >= 0.3 is 0 Å². The molecule has 3 rings (SSSR count). The Morgan fingerprint density at radius 2 is 1.76 bits per heavy atom. The summed E-state index contributed by atoms with van der Waals surface area (Å²) < 4.78 is 0. The van der Waals surface area contributed by atoms with Gasteiger partial charge in [0, 0.05) is 31.7 Å². The topological polar surface area (TPSA) is 66.6 Å². The molecule has 1 aliphatic carbocycles. The first-order valence-electron chi connectivity index (χ1n) is 7.55. The Hall–Kier alpha value is -1.88. The molecular formula is C16H21N3O2. The maximum atomic E-state index is 12.5. The van der Waals surface area contributed by atoms with Crippen molar-refractivity contribution < 1.29 is 9.59 Å². The van der Waals surface area contributed by atoms with Gasteiger partial charge < -0.3 is 10.6 Å². The highest BCUT2D eigenvalue weighted by Gasteiger charge is 2.23. The smallest absolute Gasteiger partial charge is 0.253 e. The van der Waals surface area contributed by atoms with E-state index in [1.807, 2.05) is 15.9 Å². The van der Waals surface area contributed by atoms with Gasteiger partial charge in [-0.15, -0.1) is 0 Å². The van der Waals surface area contributed by atoms with E-state index >= 15 is 0 Å². The van der Waals surface area contributed by atoms with Gasteiger partial charge in [-0.3, -0.25) is 14.5 Å². The molecule has 1 aromatic rings. The Bertz CT molecular complexity index is 563. The molecule has 1 heterocycles. The molecule has 0 spiro atoms. The number of hydrogen-bond donors (Lipinski definition) is 1. The molecule has 21 heavy (non-hydrogen) atoms. The molecule has 0 saturated carbocycles. The first-order chi connectivity index (χ1) is 10.1. The quantitative estimate of drug-likeness (QED) is 0.876. The lowest BCUT2D eigenvalue weighted by Crippen LogP contribution is -2.50. The van der Waals surface area contributed by atoms with E-state index < -0.39 is 0 Å². The average Bonchev–Trinajstić information content (AvgIpc) is 2.94. The molecule has 2 N–H and O–H groups in total. The van der Waals surface area contributed by atoms with Crippen LogP contribution in [0.5, 0.6) is 0 Å². The minimum atomic E-state index is -0.312. The number of carbonyl (C=O) groups is 2. The van der Waals surface area contributed by atoms with Crippen LogP contribution in [-0.4, -0.2) is 54.3 Å². The second-order valence-electron chi connectivity index (χ2n) is 5.87. The molecule has 1 aliphatic heterocycles. The van der Waals surface area contributed by atoms with Crippen LogP contribution in [0.2, 0.25) is 0 Å².